The van der Waals surface area contributed by atoms with Crippen LogP contribution >= 0.6 is 12.4 Å². The fourth-order valence-corrected chi connectivity index (χ4v) is 0.707. The van der Waals surface area contributed by atoms with Gasteiger partial charge >= 0.3 is 5.97 Å². The quantitative estimate of drug-likeness (QED) is 0.612. The number of esters is 1. The monoisotopic (exact) mass is 197 g/mol. The van der Waals surface area contributed by atoms with Gasteiger partial charge in [0, 0.05) is 0 Å². The molecule has 0 aromatic heterocycles. The highest BCUT2D eigenvalue weighted by atomic mass is 35.5. The molecule has 0 heterocycles. The van der Waals surface area contributed by atoms with Crippen LogP contribution in [-0.2, 0) is 9.53 Å². The van der Waals surface area contributed by atoms with Gasteiger partial charge in [0.05, 0.1) is 19.1 Å². The molecule has 74 valence electrons. The molecule has 0 aromatic rings. The summed E-state index contributed by atoms with van der Waals surface area (Å²) in [5.41, 5.74) is 5.17. The zero-order chi connectivity index (χ0) is 8.69. The fraction of sp³-hybridized carbons (Fsp3) is 0.857. The zero-order valence-electron chi connectivity index (χ0n) is 7.16. The first-order chi connectivity index (χ1) is 5.20. The Morgan fingerprint density at radius 3 is 2.67 bits per heavy atom. The molecule has 12 heavy (non-hydrogen) atoms. The first-order valence-electron chi connectivity index (χ1n) is 3.74. The molecule has 0 saturated carbocycles. The number of hydrogen-bond donors (Lipinski definition) is 2. The van der Waals surface area contributed by atoms with Crippen molar-refractivity contribution in [1.82, 2.24) is 0 Å². The van der Waals surface area contributed by atoms with Crippen molar-refractivity contribution in [2.75, 3.05) is 13.2 Å². The Morgan fingerprint density at radius 1 is 1.67 bits per heavy atom. The van der Waals surface area contributed by atoms with E-state index in [1.807, 2.05) is 0 Å². The molecular formula is C7H16ClNO3. The van der Waals surface area contributed by atoms with Crippen LogP contribution in [0.2, 0.25) is 0 Å². The second kappa shape index (κ2) is 8.77. The van der Waals surface area contributed by atoms with E-state index in [9.17, 15) is 4.79 Å². The largest absolute Gasteiger partial charge is 0.466 e. The number of hydrogen-bond acceptors (Lipinski definition) is 4. The standard InChI is InChI=1S/C7H15NO3.ClH/c1-2-11-7(10)5-6(9)3-4-8;/h6,9H,2-5,8H2,1H3;1H/t6-;/m0./s1. The average Bonchev–Trinajstić information content (AvgIpc) is 1.87. The van der Waals surface area contributed by atoms with Crippen LogP contribution in [0.15, 0.2) is 0 Å². The van der Waals surface area contributed by atoms with E-state index in [-0.39, 0.29) is 24.8 Å². The van der Waals surface area contributed by atoms with Gasteiger partial charge in [-0.2, -0.15) is 0 Å². The molecular weight excluding hydrogens is 182 g/mol. The average molecular weight is 198 g/mol. The van der Waals surface area contributed by atoms with Gasteiger partial charge in [-0.25, -0.2) is 0 Å². The molecule has 0 radical (unpaired) electrons. The van der Waals surface area contributed by atoms with Gasteiger partial charge in [-0.15, -0.1) is 12.4 Å². The van der Waals surface area contributed by atoms with Gasteiger partial charge in [-0.1, -0.05) is 0 Å². The third kappa shape index (κ3) is 7.78. The van der Waals surface area contributed by atoms with Crippen molar-refractivity contribution in [2.24, 2.45) is 5.73 Å². The van der Waals surface area contributed by atoms with E-state index in [0.717, 1.165) is 0 Å². The molecule has 0 aliphatic rings. The van der Waals surface area contributed by atoms with Crippen LogP contribution in [0.3, 0.4) is 0 Å². The van der Waals surface area contributed by atoms with Gasteiger partial charge in [0.2, 0.25) is 0 Å². The zero-order valence-corrected chi connectivity index (χ0v) is 7.97. The molecule has 4 nitrogen and oxygen atoms in total. The van der Waals surface area contributed by atoms with Crippen molar-refractivity contribution in [1.29, 1.82) is 0 Å². The topological polar surface area (TPSA) is 72.5 Å². The lowest BCUT2D eigenvalue weighted by atomic mass is 10.2. The first kappa shape index (κ1) is 14.2. The van der Waals surface area contributed by atoms with Crippen LogP contribution < -0.4 is 5.73 Å². The number of carbonyl (C=O) groups excluding carboxylic acids is 1. The maximum absolute atomic E-state index is 10.7. The normalized spacial score (nSPS) is 11.6. The van der Waals surface area contributed by atoms with Crippen LogP contribution in [0.4, 0.5) is 0 Å². The van der Waals surface area contributed by atoms with Gasteiger partial charge in [-0.3, -0.25) is 4.79 Å². The molecule has 0 amide bonds. The highest BCUT2D eigenvalue weighted by Gasteiger charge is 2.09. The highest BCUT2D eigenvalue weighted by Crippen LogP contribution is 1.97. The van der Waals surface area contributed by atoms with Crippen LogP contribution in [0, 0.1) is 0 Å². The molecule has 0 fully saturated rings. The summed E-state index contributed by atoms with van der Waals surface area (Å²) in [6.45, 7) is 2.47. The third-order valence-corrected chi connectivity index (χ3v) is 1.21. The summed E-state index contributed by atoms with van der Waals surface area (Å²) < 4.78 is 4.62. The van der Waals surface area contributed by atoms with Crippen molar-refractivity contribution in [3.8, 4) is 0 Å². The molecule has 3 N–H and O–H groups in total. The Labute approximate surface area is 78.5 Å². The summed E-state index contributed by atoms with van der Waals surface area (Å²) in [6, 6.07) is 0. The van der Waals surface area contributed by atoms with Gasteiger partial charge < -0.3 is 15.6 Å². The molecule has 0 saturated heterocycles. The SMILES string of the molecule is CCOC(=O)C[C@@H](O)CCN.Cl. The number of nitrogens with two attached hydrogens (primary N) is 1. The Kier molecular flexibility index (Phi) is 10.4. The number of aliphatic hydroxyl groups is 1. The van der Waals surface area contributed by atoms with Gasteiger partial charge in [-0.05, 0) is 19.9 Å². The van der Waals surface area contributed by atoms with Crippen LogP contribution in [0.5, 0.6) is 0 Å². The second-order valence-electron chi connectivity index (χ2n) is 2.24. The fourth-order valence-electron chi connectivity index (χ4n) is 0.707. The smallest absolute Gasteiger partial charge is 0.308 e. The predicted octanol–water partition coefficient (Wildman–Crippen LogP) is 0.0711. The van der Waals surface area contributed by atoms with E-state index in [1.54, 1.807) is 6.92 Å². The highest BCUT2D eigenvalue weighted by molar-refractivity contribution is 5.85. The lowest BCUT2D eigenvalue weighted by Gasteiger charge is -2.07. The molecule has 0 bridgehead atoms. The summed E-state index contributed by atoms with van der Waals surface area (Å²) in [5.74, 6) is -0.367. The Hall–Kier alpha value is -0.320. The van der Waals surface area contributed by atoms with Crippen LogP contribution in [-0.4, -0.2) is 30.3 Å². The van der Waals surface area contributed by atoms with E-state index < -0.39 is 6.10 Å². The van der Waals surface area contributed by atoms with Crippen molar-refractivity contribution < 1.29 is 14.6 Å². The summed E-state index contributed by atoms with van der Waals surface area (Å²) >= 11 is 0. The summed E-state index contributed by atoms with van der Waals surface area (Å²) in [7, 11) is 0. The lowest BCUT2D eigenvalue weighted by molar-refractivity contribution is -0.145. The minimum atomic E-state index is -0.654. The molecule has 0 unspecified atom stereocenters. The Bertz CT molecular complexity index is 121. The van der Waals surface area contributed by atoms with Crippen LogP contribution in [0.1, 0.15) is 19.8 Å². The van der Waals surface area contributed by atoms with E-state index in [2.05, 4.69) is 4.74 Å². The third-order valence-electron chi connectivity index (χ3n) is 1.21. The Balaban J connectivity index is 0. The van der Waals surface area contributed by atoms with Crippen molar-refractivity contribution in [3.05, 3.63) is 0 Å². The van der Waals surface area contributed by atoms with Gasteiger partial charge in [0.1, 0.15) is 0 Å². The summed E-state index contributed by atoms with van der Waals surface area (Å²) in [4.78, 5) is 10.7. The number of aliphatic hydroxyl groups excluding tert-OH is 1. The van der Waals surface area contributed by atoms with Gasteiger partial charge in [0.25, 0.3) is 0 Å². The molecule has 0 aliphatic carbocycles. The summed E-state index contributed by atoms with van der Waals surface area (Å²) in [5, 5.41) is 9.07. The van der Waals surface area contributed by atoms with Gasteiger partial charge in [0.15, 0.2) is 0 Å². The van der Waals surface area contributed by atoms with E-state index in [0.29, 0.717) is 19.6 Å². The molecule has 1 atom stereocenters. The number of halogens is 1. The minimum Gasteiger partial charge on any atom is -0.466 e. The number of ether oxygens (including phenoxy) is 1. The first-order valence-corrected chi connectivity index (χ1v) is 3.74. The lowest BCUT2D eigenvalue weighted by Crippen LogP contribution is -2.19. The molecule has 0 aliphatic heterocycles. The number of rotatable bonds is 5. The molecule has 5 heteroatoms. The van der Waals surface area contributed by atoms with Crippen molar-refractivity contribution in [2.45, 2.75) is 25.9 Å². The van der Waals surface area contributed by atoms with Crippen molar-refractivity contribution >= 4 is 18.4 Å². The molecule has 0 rings (SSSR count). The van der Waals surface area contributed by atoms with E-state index in [1.165, 1.54) is 0 Å². The molecule has 0 aromatic carbocycles. The molecule has 0 spiro atoms. The van der Waals surface area contributed by atoms with E-state index in [4.69, 9.17) is 10.8 Å². The predicted molar refractivity (Wildman–Crippen MR) is 48.2 cm³/mol. The van der Waals surface area contributed by atoms with E-state index >= 15 is 0 Å². The second-order valence-corrected chi connectivity index (χ2v) is 2.24. The van der Waals surface area contributed by atoms with Crippen LogP contribution in [0.25, 0.3) is 0 Å². The minimum absolute atomic E-state index is 0. The number of carbonyl (C=O) groups is 1. The summed E-state index contributed by atoms with van der Waals surface area (Å²) in [6.07, 6.45) is -0.164. The maximum Gasteiger partial charge on any atom is 0.308 e. The Morgan fingerprint density at radius 2 is 2.25 bits per heavy atom. The maximum atomic E-state index is 10.7. The van der Waals surface area contributed by atoms with Crippen molar-refractivity contribution in [3.63, 3.8) is 0 Å².